The van der Waals surface area contributed by atoms with Gasteiger partial charge in [0, 0.05) is 30.5 Å². The van der Waals surface area contributed by atoms with Crippen molar-refractivity contribution in [1.29, 1.82) is 0 Å². The lowest BCUT2D eigenvalue weighted by Gasteiger charge is -2.08. The molecule has 2 heterocycles. The third-order valence-electron chi connectivity index (χ3n) is 3.21. The maximum Gasteiger partial charge on any atom is 0.320 e. The Morgan fingerprint density at radius 3 is 2.65 bits per heavy atom. The summed E-state index contributed by atoms with van der Waals surface area (Å²) >= 11 is 0. The highest BCUT2D eigenvalue weighted by atomic mass is 16.2. The van der Waals surface area contributed by atoms with E-state index in [-0.39, 0.29) is 6.03 Å². The molecule has 2 rings (SSSR count). The first-order chi connectivity index (χ1) is 9.47. The van der Waals surface area contributed by atoms with E-state index in [2.05, 4.69) is 20.7 Å². The number of carbonyl (C=O) groups is 1. The maximum atomic E-state index is 11.8. The number of rotatable bonds is 3. The van der Waals surface area contributed by atoms with Crippen LogP contribution in [0.1, 0.15) is 22.6 Å². The summed E-state index contributed by atoms with van der Waals surface area (Å²) in [6.07, 6.45) is 0. The van der Waals surface area contributed by atoms with E-state index in [1.165, 1.54) is 0 Å². The molecule has 0 aliphatic heterocycles. The van der Waals surface area contributed by atoms with E-state index in [9.17, 15) is 4.79 Å². The molecule has 0 bridgehead atoms. The Hall–Kier alpha value is -2.37. The van der Waals surface area contributed by atoms with E-state index >= 15 is 0 Å². The summed E-state index contributed by atoms with van der Waals surface area (Å²) < 4.78 is 1.81. The van der Waals surface area contributed by atoms with Gasteiger partial charge < -0.3 is 5.32 Å². The molecule has 0 aromatic carbocycles. The van der Waals surface area contributed by atoms with Gasteiger partial charge in [-0.1, -0.05) is 6.07 Å². The van der Waals surface area contributed by atoms with Crippen LogP contribution >= 0.6 is 0 Å². The first-order valence-corrected chi connectivity index (χ1v) is 6.45. The molecule has 6 heteroatoms. The van der Waals surface area contributed by atoms with Gasteiger partial charge in [0.15, 0.2) is 0 Å². The topological polar surface area (TPSA) is 71.8 Å². The molecule has 2 amide bonds. The van der Waals surface area contributed by atoms with Crippen molar-refractivity contribution in [2.75, 3.05) is 5.32 Å². The van der Waals surface area contributed by atoms with Gasteiger partial charge in [0.2, 0.25) is 0 Å². The third kappa shape index (κ3) is 3.14. The molecule has 0 radical (unpaired) electrons. The van der Waals surface area contributed by atoms with Crippen LogP contribution in [0.5, 0.6) is 0 Å². The SMILES string of the molecule is Cc1cccc(NC(=O)NCc2c(C)nn(C)c2C)n1. The van der Waals surface area contributed by atoms with Crippen LogP contribution in [0.15, 0.2) is 18.2 Å². The second-order valence-electron chi connectivity index (χ2n) is 4.74. The van der Waals surface area contributed by atoms with Crippen LogP contribution in [-0.2, 0) is 13.6 Å². The average Bonchev–Trinajstić information content (AvgIpc) is 2.61. The van der Waals surface area contributed by atoms with E-state index < -0.39 is 0 Å². The van der Waals surface area contributed by atoms with Crippen LogP contribution in [0.2, 0.25) is 0 Å². The molecule has 2 aromatic rings. The minimum atomic E-state index is -0.272. The van der Waals surface area contributed by atoms with Gasteiger partial charge in [-0.2, -0.15) is 5.10 Å². The zero-order valence-corrected chi connectivity index (χ0v) is 12.2. The molecule has 0 saturated heterocycles. The van der Waals surface area contributed by atoms with Crippen molar-refractivity contribution in [2.24, 2.45) is 7.05 Å². The van der Waals surface area contributed by atoms with Crippen LogP contribution in [0.25, 0.3) is 0 Å². The summed E-state index contributed by atoms with van der Waals surface area (Å²) in [6.45, 7) is 6.25. The molecule has 0 spiro atoms. The summed E-state index contributed by atoms with van der Waals surface area (Å²) in [6, 6.07) is 5.22. The average molecular weight is 273 g/mol. The van der Waals surface area contributed by atoms with Crippen molar-refractivity contribution in [3.05, 3.63) is 40.8 Å². The Morgan fingerprint density at radius 2 is 2.05 bits per heavy atom. The Kier molecular flexibility index (Phi) is 4.02. The normalized spacial score (nSPS) is 10.4. The standard InChI is InChI=1S/C14H19N5O/c1-9-6-5-7-13(16-9)17-14(20)15-8-12-10(2)18-19(4)11(12)3/h5-7H,8H2,1-4H3,(H2,15,16,17,20). The summed E-state index contributed by atoms with van der Waals surface area (Å²) in [5.41, 5.74) is 3.89. The molecule has 0 aliphatic carbocycles. The van der Waals surface area contributed by atoms with Crippen molar-refractivity contribution >= 4 is 11.8 Å². The fraction of sp³-hybridized carbons (Fsp3) is 0.357. The predicted octanol–water partition coefficient (Wildman–Crippen LogP) is 2.06. The molecule has 0 fully saturated rings. The second-order valence-corrected chi connectivity index (χ2v) is 4.74. The highest BCUT2D eigenvalue weighted by Crippen LogP contribution is 2.11. The Labute approximate surface area is 118 Å². The maximum absolute atomic E-state index is 11.8. The molecule has 0 atom stereocenters. The number of anilines is 1. The summed E-state index contributed by atoms with van der Waals surface area (Å²) in [4.78, 5) is 16.1. The van der Waals surface area contributed by atoms with Crippen LogP contribution in [0, 0.1) is 20.8 Å². The van der Waals surface area contributed by atoms with Gasteiger partial charge in [0.1, 0.15) is 5.82 Å². The summed E-state index contributed by atoms with van der Waals surface area (Å²) in [5.74, 6) is 0.544. The largest absolute Gasteiger partial charge is 0.334 e. The molecular weight excluding hydrogens is 254 g/mol. The summed E-state index contributed by atoms with van der Waals surface area (Å²) in [5, 5.41) is 9.85. The summed E-state index contributed by atoms with van der Waals surface area (Å²) in [7, 11) is 1.89. The van der Waals surface area contributed by atoms with Crippen molar-refractivity contribution in [1.82, 2.24) is 20.1 Å². The van der Waals surface area contributed by atoms with Crippen LogP contribution in [0.3, 0.4) is 0 Å². The minimum absolute atomic E-state index is 0.272. The molecule has 0 aliphatic rings. The van der Waals surface area contributed by atoms with E-state index in [0.717, 1.165) is 22.6 Å². The Bertz CT molecular complexity index is 632. The van der Waals surface area contributed by atoms with E-state index in [1.807, 2.05) is 44.6 Å². The number of urea groups is 1. The van der Waals surface area contributed by atoms with Gasteiger partial charge in [-0.25, -0.2) is 9.78 Å². The molecule has 0 unspecified atom stereocenters. The first kappa shape index (κ1) is 14.0. The molecule has 106 valence electrons. The number of amides is 2. The molecule has 0 saturated carbocycles. The van der Waals surface area contributed by atoms with Gasteiger partial charge >= 0.3 is 6.03 Å². The van der Waals surface area contributed by atoms with Gasteiger partial charge in [0.25, 0.3) is 0 Å². The number of aryl methyl sites for hydroxylation is 3. The van der Waals surface area contributed by atoms with E-state index in [4.69, 9.17) is 0 Å². The predicted molar refractivity (Wildman–Crippen MR) is 77.5 cm³/mol. The van der Waals surface area contributed by atoms with Crippen LogP contribution in [-0.4, -0.2) is 20.8 Å². The van der Waals surface area contributed by atoms with Gasteiger partial charge in [0.05, 0.1) is 5.69 Å². The number of carbonyl (C=O) groups excluding carboxylic acids is 1. The lowest BCUT2D eigenvalue weighted by molar-refractivity contribution is 0.251. The van der Waals surface area contributed by atoms with E-state index in [1.54, 1.807) is 6.07 Å². The number of nitrogens with zero attached hydrogens (tertiary/aromatic N) is 3. The van der Waals surface area contributed by atoms with Crippen molar-refractivity contribution < 1.29 is 4.79 Å². The fourth-order valence-electron chi connectivity index (χ4n) is 2.02. The van der Waals surface area contributed by atoms with Gasteiger partial charge in [-0.3, -0.25) is 10.00 Å². The zero-order chi connectivity index (χ0) is 14.7. The molecular formula is C14H19N5O. The number of aromatic nitrogens is 3. The van der Waals surface area contributed by atoms with Gasteiger partial charge in [-0.05, 0) is 32.9 Å². The quantitative estimate of drug-likeness (QED) is 0.899. The lowest BCUT2D eigenvalue weighted by Crippen LogP contribution is -2.29. The lowest BCUT2D eigenvalue weighted by atomic mass is 10.2. The molecule has 20 heavy (non-hydrogen) atoms. The number of hydrogen-bond donors (Lipinski definition) is 2. The highest BCUT2D eigenvalue weighted by Gasteiger charge is 2.10. The highest BCUT2D eigenvalue weighted by molar-refractivity contribution is 5.88. The van der Waals surface area contributed by atoms with Crippen molar-refractivity contribution in [3.63, 3.8) is 0 Å². The molecule has 6 nitrogen and oxygen atoms in total. The Balaban J connectivity index is 1.96. The van der Waals surface area contributed by atoms with Crippen molar-refractivity contribution in [2.45, 2.75) is 27.3 Å². The molecule has 2 aromatic heterocycles. The van der Waals surface area contributed by atoms with Crippen LogP contribution < -0.4 is 10.6 Å². The van der Waals surface area contributed by atoms with Crippen LogP contribution in [0.4, 0.5) is 10.6 Å². The number of pyridine rings is 1. The van der Waals surface area contributed by atoms with E-state index in [0.29, 0.717) is 12.4 Å². The minimum Gasteiger partial charge on any atom is -0.334 e. The van der Waals surface area contributed by atoms with Gasteiger partial charge in [-0.15, -0.1) is 0 Å². The zero-order valence-electron chi connectivity index (χ0n) is 12.2. The second kappa shape index (κ2) is 5.73. The number of hydrogen-bond acceptors (Lipinski definition) is 3. The fourth-order valence-corrected chi connectivity index (χ4v) is 2.02. The Morgan fingerprint density at radius 1 is 1.30 bits per heavy atom. The number of nitrogens with one attached hydrogen (secondary N) is 2. The van der Waals surface area contributed by atoms with Crippen molar-refractivity contribution in [3.8, 4) is 0 Å². The third-order valence-corrected chi connectivity index (χ3v) is 3.21. The monoisotopic (exact) mass is 273 g/mol. The first-order valence-electron chi connectivity index (χ1n) is 6.45. The molecule has 2 N–H and O–H groups in total. The smallest absolute Gasteiger partial charge is 0.320 e.